The summed E-state index contributed by atoms with van der Waals surface area (Å²) in [5, 5.41) is 10.1. The standard InChI is InChI=1S/C22H18Br2O3/c1-3-26-27-21-10-13(4-9-20(21)25)22(2)18-11-14(23)5-7-16(18)17-8-6-15(24)12-19(17)22/h4-12,25H,3H2,1-2H3. The summed E-state index contributed by atoms with van der Waals surface area (Å²) in [5.41, 5.74) is 5.46. The van der Waals surface area contributed by atoms with Gasteiger partial charge >= 0.3 is 0 Å². The van der Waals surface area contributed by atoms with Gasteiger partial charge in [-0.1, -0.05) is 50.1 Å². The molecule has 3 nitrogen and oxygen atoms in total. The Kier molecular flexibility index (Phi) is 4.78. The maximum absolute atomic E-state index is 10.1. The molecule has 27 heavy (non-hydrogen) atoms. The third-order valence-electron chi connectivity index (χ3n) is 5.13. The van der Waals surface area contributed by atoms with Gasteiger partial charge in [0.1, 0.15) is 0 Å². The first-order valence-corrected chi connectivity index (χ1v) is 10.3. The third-order valence-corrected chi connectivity index (χ3v) is 6.12. The van der Waals surface area contributed by atoms with Crippen molar-refractivity contribution < 1.29 is 14.9 Å². The molecule has 3 aromatic rings. The fraction of sp³-hybridized carbons (Fsp3) is 0.182. The van der Waals surface area contributed by atoms with E-state index >= 15 is 0 Å². The predicted molar refractivity (Wildman–Crippen MR) is 113 cm³/mol. The molecule has 0 bridgehead atoms. The molecule has 0 atom stereocenters. The van der Waals surface area contributed by atoms with Gasteiger partial charge in [0.25, 0.3) is 0 Å². The average Bonchev–Trinajstić information content (AvgIpc) is 2.90. The van der Waals surface area contributed by atoms with Gasteiger partial charge in [0.2, 0.25) is 5.75 Å². The Bertz CT molecular complexity index is 979. The van der Waals surface area contributed by atoms with Crippen LogP contribution in [0, 0.1) is 0 Å². The molecular weight excluding hydrogens is 472 g/mol. The molecular formula is C22H18Br2O3. The van der Waals surface area contributed by atoms with Gasteiger partial charge in [-0.15, -0.1) is 0 Å². The number of fused-ring (bicyclic) bond motifs is 3. The zero-order valence-corrected chi connectivity index (χ0v) is 18.1. The van der Waals surface area contributed by atoms with Crippen LogP contribution in [0.2, 0.25) is 0 Å². The number of hydrogen-bond acceptors (Lipinski definition) is 3. The van der Waals surface area contributed by atoms with E-state index in [1.54, 1.807) is 6.07 Å². The molecule has 1 aliphatic carbocycles. The van der Waals surface area contributed by atoms with E-state index in [0.29, 0.717) is 12.4 Å². The fourth-order valence-corrected chi connectivity index (χ4v) is 4.52. The maximum atomic E-state index is 10.1. The molecule has 0 saturated carbocycles. The topological polar surface area (TPSA) is 38.7 Å². The van der Waals surface area contributed by atoms with Crippen molar-refractivity contribution in [2.45, 2.75) is 19.3 Å². The summed E-state index contributed by atoms with van der Waals surface area (Å²) >= 11 is 7.23. The van der Waals surface area contributed by atoms with Gasteiger partial charge in [-0.05, 0) is 78.1 Å². The lowest BCUT2D eigenvalue weighted by molar-refractivity contribution is -0.203. The zero-order valence-electron chi connectivity index (χ0n) is 14.9. The van der Waals surface area contributed by atoms with E-state index in [9.17, 15) is 5.11 Å². The first kappa shape index (κ1) is 18.5. The van der Waals surface area contributed by atoms with E-state index < -0.39 is 5.41 Å². The van der Waals surface area contributed by atoms with Crippen molar-refractivity contribution in [3.8, 4) is 22.6 Å². The molecule has 0 spiro atoms. The zero-order chi connectivity index (χ0) is 19.2. The first-order valence-electron chi connectivity index (χ1n) is 8.68. The minimum atomic E-state index is -0.393. The van der Waals surface area contributed by atoms with Crippen LogP contribution in [0.15, 0.2) is 63.5 Å². The van der Waals surface area contributed by atoms with Crippen molar-refractivity contribution in [3.63, 3.8) is 0 Å². The van der Waals surface area contributed by atoms with Crippen LogP contribution in [-0.2, 0) is 10.3 Å². The summed E-state index contributed by atoms with van der Waals surface area (Å²) in [7, 11) is 0. The molecule has 0 aliphatic heterocycles. The third kappa shape index (κ3) is 2.98. The molecule has 0 heterocycles. The minimum absolute atomic E-state index is 0.0535. The summed E-state index contributed by atoms with van der Waals surface area (Å²) in [6, 6.07) is 18.2. The van der Waals surface area contributed by atoms with Crippen LogP contribution in [0.4, 0.5) is 0 Å². The van der Waals surface area contributed by atoms with Crippen molar-refractivity contribution in [1.82, 2.24) is 0 Å². The average molecular weight is 490 g/mol. The van der Waals surface area contributed by atoms with E-state index in [1.165, 1.54) is 22.3 Å². The summed E-state index contributed by atoms with van der Waals surface area (Å²) in [4.78, 5) is 10.3. The highest BCUT2D eigenvalue weighted by Crippen LogP contribution is 2.54. The van der Waals surface area contributed by atoms with Crippen LogP contribution >= 0.6 is 31.9 Å². The molecule has 138 valence electrons. The van der Waals surface area contributed by atoms with Gasteiger partial charge in [-0.3, -0.25) is 0 Å². The number of hydrogen-bond donors (Lipinski definition) is 1. The van der Waals surface area contributed by atoms with Crippen LogP contribution in [0.25, 0.3) is 11.1 Å². The Morgan fingerprint density at radius 2 is 1.48 bits per heavy atom. The Morgan fingerprint density at radius 3 is 2.04 bits per heavy atom. The van der Waals surface area contributed by atoms with Gasteiger partial charge in [-0.25, -0.2) is 0 Å². The van der Waals surface area contributed by atoms with Crippen molar-refractivity contribution >= 4 is 31.9 Å². The lowest BCUT2D eigenvalue weighted by Gasteiger charge is -2.29. The van der Waals surface area contributed by atoms with Gasteiger partial charge in [0, 0.05) is 14.4 Å². The van der Waals surface area contributed by atoms with Crippen molar-refractivity contribution in [1.29, 1.82) is 0 Å². The van der Waals surface area contributed by atoms with Gasteiger partial charge in [-0.2, -0.15) is 4.89 Å². The summed E-state index contributed by atoms with van der Waals surface area (Å²) in [5.74, 6) is 0.369. The molecule has 0 fully saturated rings. The smallest absolute Gasteiger partial charge is 0.207 e. The van der Waals surface area contributed by atoms with Crippen LogP contribution in [0.5, 0.6) is 11.5 Å². The highest BCUT2D eigenvalue weighted by molar-refractivity contribution is 9.10. The highest BCUT2D eigenvalue weighted by Gasteiger charge is 2.41. The number of rotatable bonds is 4. The molecule has 3 aromatic carbocycles. The maximum Gasteiger partial charge on any atom is 0.207 e. The van der Waals surface area contributed by atoms with E-state index in [4.69, 9.17) is 9.78 Å². The molecule has 0 saturated heterocycles. The van der Waals surface area contributed by atoms with Crippen molar-refractivity contribution in [2.24, 2.45) is 0 Å². The quantitative estimate of drug-likeness (QED) is 0.332. The summed E-state index contributed by atoms with van der Waals surface area (Å²) in [6.07, 6.45) is 0. The van der Waals surface area contributed by atoms with Crippen LogP contribution in [0.3, 0.4) is 0 Å². The fourth-order valence-electron chi connectivity index (χ4n) is 3.80. The molecule has 0 unspecified atom stereocenters. The Hall–Kier alpha value is -1.82. The number of halogens is 2. The molecule has 5 heteroatoms. The number of phenols is 1. The Labute approximate surface area is 175 Å². The molecule has 0 amide bonds. The van der Waals surface area contributed by atoms with Crippen LogP contribution < -0.4 is 4.89 Å². The van der Waals surface area contributed by atoms with Crippen molar-refractivity contribution in [3.05, 3.63) is 80.2 Å². The van der Waals surface area contributed by atoms with Crippen LogP contribution in [0.1, 0.15) is 30.5 Å². The highest BCUT2D eigenvalue weighted by atomic mass is 79.9. The Balaban J connectivity index is 1.97. The number of aromatic hydroxyl groups is 1. The van der Waals surface area contributed by atoms with E-state index in [2.05, 4.69) is 75.2 Å². The second-order valence-corrected chi connectivity index (χ2v) is 8.51. The van der Waals surface area contributed by atoms with Gasteiger partial charge in [0.05, 0.1) is 6.61 Å². The van der Waals surface area contributed by atoms with Gasteiger partial charge in [0.15, 0.2) is 5.75 Å². The first-order chi connectivity index (χ1) is 12.9. The largest absolute Gasteiger partial charge is 0.504 e. The second-order valence-electron chi connectivity index (χ2n) is 6.68. The molecule has 4 rings (SSSR count). The summed E-state index contributed by atoms with van der Waals surface area (Å²) in [6.45, 7) is 4.43. The number of benzene rings is 3. The summed E-state index contributed by atoms with van der Waals surface area (Å²) < 4.78 is 2.06. The lowest BCUT2D eigenvalue weighted by atomic mass is 9.74. The molecule has 1 aliphatic rings. The van der Waals surface area contributed by atoms with E-state index in [0.717, 1.165) is 14.5 Å². The number of phenolic OH excluding ortho intramolecular Hbond substituents is 1. The monoisotopic (exact) mass is 488 g/mol. The van der Waals surface area contributed by atoms with E-state index in [1.807, 2.05) is 19.1 Å². The Morgan fingerprint density at radius 1 is 0.889 bits per heavy atom. The second kappa shape index (κ2) is 6.97. The minimum Gasteiger partial charge on any atom is -0.504 e. The van der Waals surface area contributed by atoms with Gasteiger partial charge < -0.3 is 9.99 Å². The molecule has 0 radical (unpaired) electrons. The molecule has 0 aromatic heterocycles. The lowest BCUT2D eigenvalue weighted by Crippen LogP contribution is -2.22. The SMILES string of the molecule is CCOOc1cc(C2(C)c3cc(Br)ccc3-c3ccc(Br)cc32)ccc1O. The molecule has 1 N–H and O–H groups in total. The predicted octanol–water partition coefficient (Wildman–Crippen LogP) is 6.58. The normalized spacial score (nSPS) is 13.9. The van der Waals surface area contributed by atoms with E-state index in [-0.39, 0.29) is 5.75 Å². The van der Waals surface area contributed by atoms with Crippen LogP contribution in [-0.4, -0.2) is 11.7 Å². The van der Waals surface area contributed by atoms with Crippen molar-refractivity contribution in [2.75, 3.05) is 6.61 Å².